The lowest BCUT2D eigenvalue weighted by molar-refractivity contribution is 0.340. The van der Waals surface area contributed by atoms with Gasteiger partial charge in [-0.3, -0.25) is 0 Å². The molecule has 21 heavy (non-hydrogen) atoms. The molecule has 2 aromatic rings. The largest absolute Gasteiger partial charge is 0.494 e. The summed E-state index contributed by atoms with van der Waals surface area (Å²) in [4.78, 5) is 5.85. The molecule has 0 N–H and O–H groups in total. The molecule has 0 aliphatic heterocycles. The molecule has 0 saturated heterocycles. The Balaban J connectivity index is 1.82. The van der Waals surface area contributed by atoms with E-state index in [0.29, 0.717) is 6.61 Å². The molecule has 4 heteroatoms. The van der Waals surface area contributed by atoms with Crippen LogP contribution in [0, 0.1) is 11.3 Å². The van der Waals surface area contributed by atoms with E-state index in [9.17, 15) is 5.26 Å². The summed E-state index contributed by atoms with van der Waals surface area (Å²) in [7, 11) is 0. The summed E-state index contributed by atoms with van der Waals surface area (Å²) in [6.07, 6.45) is 5.09. The van der Waals surface area contributed by atoms with Crippen molar-refractivity contribution in [2.75, 3.05) is 6.61 Å². The number of aryl methyl sites for hydroxylation is 1. The molecule has 0 fully saturated rings. The van der Waals surface area contributed by atoms with Crippen LogP contribution >= 0.6 is 11.3 Å². The van der Waals surface area contributed by atoms with Crippen LogP contribution in [-0.2, 0) is 12.8 Å². The van der Waals surface area contributed by atoms with Gasteiger partial charge in [-0.05, 0) is 61.6 Å². The second-order valence-electron chi connectivity index (χ2n) is 4.91. The van der Waals surface area contributed by atoms with Gasteiger partial charge < -0.3 is 4.74 Å². The van der Waals surface area contributed by atoms with Crippen LogP contribution in [0.2, 0.25) is 0 Å². The minimum Gasteiger partial charge on any atom is -0.494 e. The molecule has 3 nitrogen and oxygen atoms in total. The van der Waals surface area contributed by atoms with Crippen molar-refractivity contribution in [2.45, 2.75) is 26.2 Å². The Morgan fingerprint density at radius 3 is 2.86 bits per heavy atom. The molecular formula is C17H16N2OS. The van der Waals surface area contributed by atoms with E-state index < -0.39 is 0 Å². The van der Waals surface area contributed by atoms with Gasteiger partial charge in [0.15, 0.2) is 0 Å². The average molecular weight is 296 g/mol. The molecule has 0 spiro atoms. The number of nitriles is 1. The minimum absolute atomic E-state index is 0.666. The molecule has 1 aliphatic rings. The number of benzene rings is 1. The van der Waals surface area contributed by atoms with Crippen molar-refractivity contribution >= 4 is 22.6 Å². The van der Waals surface area contributed by atoms with Crippen LogP contribution in [0.5, 0.6) is 5.75 Å². The smallest absolute Gasteiger partial charge is 0.134 e. The van der Waals surface area contributed by atoms with Crippen molar-refractivity contribution in [3.05, 3.63) is 45.8 Å². The van der Waals surface area contributed by atoms with Crippen LogP contribution in [0.1, 0.15) is 34.9 Å². The third-order valence-corrected chi connectivity index (χ3v) is 4.74. The van der Waals surface area contributed by atoms with E-state index in [1.165, 1.54) is 16.9 Å². The fraction of sp³-hybridized carbons (Fsp3) is 0.294. The number of fused-ring (bicyclic) bond motifs is 1. The van der Waals surface area contributed by atoms with Crippen LogP contribution in [0.3, 0.4) is 0 Å². The molecule has 0 unspecified atom stereocenters. The highest BCUT2D eigenvalue weighted by Crippen LogP contribution is 2.40. The zero-order chi connectivity index (χ0) is 14.7. The molecule has 0 saturated carbocycles. The fourth-order valence-corrected chi connectivity index (χ4v) is 3.73. The Bertz CT molecular complexity index is 708. The van der Waals surface area contributed by atoms with Crippen LogP contribution in [0.4, 0.5) is 5.00 Å². The Labute approximate surface area is 128 Å². The first-order chi connectivity index (χ1) is 10.3. The van der Waals surface area contributed by atoms with Crippen molar-refractivity contribution in [1.82, 2.24) is 0 Å². The highest BCUT2D eigenvalue weighted by atomic mass is 32.1. The molecule has 3 rings (SSSR count). The first-order valence-electron chi connectivity index (χ1n) is 7.13. The molecule has 0 bridgehead atoms. The molecule has 106 valence electrons. The monoisotopic (exact) mass is 296 g/mol. The number of thiophene rings is 1. The maximum absolute atomic E-state index is 9.33. The average Bonchev–Trinajstić information content (AvgIpc) is 3.07. The molecule has 1 aromatic carbocycles. The Hall–Kier alpha value is -2.12. The second kappa shape index (κ2) is 6.11. The summed E-state index contributed by atoms with van der Waals surface area (Å²) in [6, 6.07) is 10.1. The van der Waals surface area contributed by atoms with Gasteiger partial charge in [-0.1, -0.05) is 0 Å². The van der Waals surface area contributed by atoms with Gasteiger partial charge in [0.25, 0.3) is 0 Å². The van der Waals surface area contributed by atoms with Crippen LogP contribution in [-0.4, -0.2) is 12.8 Å². The Kier molecular flexibility index (Phi) is 4.03. The summed E-state index contributed by atoms with van der Waals surface area (Å²) in [5, 5.41) is 10.2. The van der Waals surface area contributed by atoms with Gasteiger partial charge in [0.1, 0.15) is 16.8 Å². The van der Waals surface area contributed by atoms with E-state index in [0.717, 1.165) is 34.7 Å². The van der Waals surface area contributed by atoms with E-state index in [1.807, 2.05) is 37.4 Å². The van der Waals surface area contributed by atoms with Crippen molar-refractivity contribution in [3.8, 4) is 11.8 Å². The third kappa shape index (κ3) is 2.84. The van der Waals surface area contributed by atoms with Crippen LogP contribution < -0.4 is 4.74 Å². The van der Waals surface area contributed by atoms with Crippen LogP contribution in [0.15, 0.2) is 29.3 Å². The van der Waals surface area contributed by atoms with E-state index in [1.54, 1.807) is 11.3 Å². The standard InChI is InChI=1S/C17H16N2OS/c1-2-20-13-8-6-12(7-9-13)11-19-17-15(10-18)14-4-3-5-16(14)21-17/h6-9,11H,2-5H2,1H3. The lowest BCUT2D eigenvalue weighted by atomic mass is 10.1. The number of ether oxygens (including phenoxy) is 1. The molecule has 1 aliphatic carbocycles. The molecular weight excluding hydrogens is 280 g/mol. The predicted octanol–water partition coefficient (Wildman–Crippen LogP) is 4.26. The van der Waals surface area contributed by atoms with Gasteiger partial charge >= 0.3 is 0 Å². The lowest BCUT2D eigenvalue weighted by Crippen LogP contribution is -1.91. The first kappa shape index (κ1) is 13.8. The topological polar surface area (TPSA) is 45.4 Å². The van der Waals surface area contributed by atoms with Gasteiger partial charge in [0, 0.05) is 11.1 Å². The zero-order valence-corrected chi connectivity index (χ0v) is 12.7. The predicted molar refractivity (Wildman–Crippen MR) is 85.9 cm³/mol. The molecule has 1 aromatic heterocycles. The van der Waals surface area contributed by atoms with Gasteiger partial charge in [-0.2, -0.15) is 5.26 Å². The van der Waals surface area contributed by atoms with Gasteiger partial charge in [0.2, 0.25) is 0 Å². The normalized spacial score (nSPS) is 13.3. The minimum atomic E-state index is 0.666. The van der Waals surface area contributed by atoms with E-state index in [2.05, 4.69) is 11.1 Å². The summed E-state index contributed by atoms with van der Waals surface area (Å²) in [5.41, 5.74) is 3.01. The highest BCUT2D eigenvalue weighted by Gasteiger charge is 2.21. The molecule has 1 heterocycles. The SMILES string of the molecule is CCOc1ccc(C=Nc2sc3c(c2C#N)CCC3)cc1. The quantitative estimate of drug-likeness (QED) is 0.791. The summed E-state index contributed by atoms with van der Waals surface area (Å²) in [5.74, 6) is 0.863. The van der Waals surface area contributed by atoms with Crippen LogP contribution in [0.25, 0.3) is 0 Å². The van der Waals surface area contributed by atoms with E-state index in [4.69, 9.17) is 4.74 Å². The summed E-state index contributed by atoms with van der Waals surface area (Å²) >= 11 is 1.66. The third-order valence-electron chi connectivity index (χ3n) is 3.54. The number of rotatable bonds is 4. The number of hydrogen-bond donors (Lipinski definition) is 0. The maximum Gasteiger partial charge on any atom is 0.134 e. The maximum atomic E-state index is 9.33. The van der Waals surface area contributed by atoms with Gasteiger partial charge in [0.05, 0.1) is 12.2 Å². The first-order valence-corrected chi connectivity index (χ1v) is 7.95. The number of nitrogens with zero attached hydrogens (tertiary/aromatic N) is 2. The van der Waals surface area contributed by atoms with E-state index >= 15 is 0 Å². The molecule has 0 atom stereocenters. The van der Waals surface area contributed by atoms with Crippen molar-refractivity contribution < 1.29 is 4.74 Å². The zero-order valence-electron chi connectivity index (χ0n) is 11.9. The molecule has 0 amide bonds. The Morgan fingerprint density at radius 1 is 1.33 bits per heavy atom. The van der Waals surface area contributed by atoms with Gasteiger partial charge in [-0.15, -0.1) is 11.3 Å². The lowest BCUT2D eigenvalue weighted by Gasteiger charge is -2.01. The number of aliphatic imine (C=N–C) groups is 1. The van der Waals surface area contributed by atoms with Crippen molar-refractivity contribution in [1.29, 1.82) is 5.26 Å². The fourth-order valence-electron chi connectivity index (χ4n) is 2.55. The van der Waals surface area contributed by atoms with Crippen molar-refractivity contribution in [3.63, 3.8) is 0 Å². The van der Waals surface area contributed by atoms with E-state index in [-0.39, 0.29) is 0 Å². The van der Waals surface area contributed by atoms with Crippen molar-refractivity contribution in [2.24, 2.45) is 4.99 Å². The van der Waals surface area contributed by atoms with Gasteiger partial charge in [-0.25, -0.2) is 4.99 Å². The second-order valence-corrected chi connectivity index (χ2v) is 5.99. The number of hydrogen-bond acceptors (Lipinski definition) is 4. The Morgan fingerprint density at radius 2 is 2.14 bits per heavy atom. The molecule has 0 radical (unpaired) electrons. The summed E-state index contributed by atoms with van der Waals surface area (Å²) < 4.78 is 5.42. The summed E-state index contributed by atoms with van der Waals surface area (Å²) in [6.45, 7) is 2.63. The highest BCUT2D eigenvalue weighted by molar-refractivity contribution is 7.16.